The number of ether oxygens (including phenoxy) is 1. The van der Waals surface area contributed by atoms with Crippen LogP contribution in [-0.2, 0) is 4.79 Å². The summed E-state index contributed by atoms with van der Waals surface area (Å²) in [5.41, 5.74) is 2.90. The molecule has 4 aromatic rings. The predicted molar refractivity (Wildman–Crippen MR) is 117 cm³/mol. The van der Waals surface area contributed by atoms with Crippen LogP contribution in [0.3, 0.4) is 0 Å². The van der Waals surface area contributed by atoms with Crippen LogP contribution in [0, 0.1) is 13.8 Å². The number of aryl methyl sites for hydroxylation is 2. The highest BCUT2D eigenvalue weighted by molar-refractivity contribution is 7.20. The third-order valence-corrected chi connectivity index (χ3v) is 7.16. The number of carbonyl (C=O) groups is 1. The van der Waals surface area contributed by atoms with E-state index in [2.05, 4.69) is 24.4 Å². The Morgan fingerprint density at radius 3 is 2.86 bits per heavy atom. The van der Waals surface area contributed by atoms with E-state index in [-0.39, 0.29) is 11.8 Å². The molecular formula is C21H20N4O2S2. The highest BCUT2D eigenvalue weighted by atomic mass is 32.1. The molecule has 0 unspecified atom stereocenters. The smallest absolute Gasteiger partial charge is 0.226 e. The molecule has 3 aromatic heterocycles. The van der Waals surface area contributed by atoms with Crippen molar-refractivity contribution >= 4 is 44.6 Å². The van der Waals surface area contributed by atoms with Gasteiger partial charge in [-0.2, -0.15) is 9.78 Å². The normalized spacial score (nSPS) is 16.1. The van der Waals surface area contributed by atoms with E-state index in [1.165, 1.54) is 21.1 Å². The number of rotatable bonds is 4. The number of amides is 1. The number of thiazole rings is 1. The van der Waals surface area contributed by atoms with E-state index < -0.39 is 0 Å². The van der Waals surface area contributed by atoms with Gasteiger partial charge in [-0.1, -0.05) is 11.3 Å². The van der Waals surface area contributed by atoms with Crippen LogP contribution in [0.15, 0.2) is 30.3 Å². The molecule has 8 heteroatoms. The summed E-state index contributed by atoms with van der Waals surface area (Å²) >= 11 is 3.28. The zero-order valence-corrected chi connectivity index (χ0v) is 18.0. The Hall–Kier alpha value is -2.71. The number of carbonyl (C=O) groups excluding carboxylic acids is 1. The second kappa shape index (κ2) is 6.96. The summed E-state index contributed by atoms with van der Waals surface area (Å²) < 4.78 is 8.41. The Balaban J connectivity index is 1.62. The number of fused-ring (bicyclic) bond motifs is 2. The van der Waals surface area contributed by atoms with E-state index in [1.807, 2.05) is 32.0 Å². The second-order valence-corrected chi connectivity index (χ2v) is 9.40. The number of hydrogen-bond acceptors (Lipinski definition) is 6. The highest BCUT2D eigenvalue weighted by Crippen LogP contribution is 2.43. The molecule has 0 radical (unpaired) electrons. The van der Waals surface area contributed by atoms with Crippen LogP contribution in [0.2, 0.25) is 0 Å². The van der Waals surface area contributed by atoms with Crippen LogP contribution in [0.4, 0.5) is 5.82 Å². The minimum absolute atomic E-state index is 0.00875. The van der Waals surface area contributed by atoms with Gasteiger partial charge in [-0.05, 0) is 51.1 Å². The zero-order valence-electron chi connectivity index (χ0n) is 16.4. The van der Waals surface area contributed by atoms with E-state index in [1.54, 1.807) is 16.0 Å². The topological polar surface area (TPSA) is 69.0 Å². The lowest BCUT2D eigenvalue weighted by Crippen LogP contribution is -2.24. The Labute approximate surface area is 176 Å². The molecule has 6 nitrogen and oxygen atoms in total. The Morgan fingerprint density at radius 2 is 2.10 bits per heavy atom. The van der Waals surface area contributed by atoms with Gasteiger partial charge in [0.2, 0.25) is 11.0 Å². The fourth-order valence-corrected chi connectivity index (χ4v) is 5.75. The fraction of sp³-hybridized carbons (Fsp3) is 0.286. The Morgan fingerprint density at radius 1 is 1.24 bits per heavy atom. The van der Waals surface area contributed by atoms with Crippen molar-refractivity contribution in [2.24, 2.45) is 0 Å². The van der Waals surface area contributed by atoms with Crippen molar-refractivity contribution in [2.75, 3.05) is 11.9 Å². The van der Waals surface area contributed by atoms with Crippen LogP contribution in [0.5, 0.6) is 5.75 Å². The van der Waals surface area contributed by atoms with Gasteiger partial charge >= 0.3 is 0 Å². The van der Waals surface area contributed by atoms with Crippen LogP contribution < -0.4 is 10.1 Å². The van der Waals surface area contributed by atoms with Crippen LogP contribution in [0.25, 0.3) is 15.3 Å². The molecule has 0 aliphatic carbocycles. The molecule has 0 saturated heterocycles. The number of hydrogen-bond donors (Lipinski definition) is 1. The lowest BCUT2D eigenvalue weighted by molar-refractivity contribution is -0.116. The van der Waals surface area contributed by atoms with Crippen molar-refractivity contribution in [1.82, 2.24) is 14.8 Å². The van der Waals surface area contributed by atoms with E-state index in [0.717, 1.165) is 38.2 Å². The summed E-state index contributed by atoms with van der Waals surface area (Å²) in [5, 5.41) is 8.53. The van der Waals surface area contributed by atoms with Crippen molar-refractivity contribution in [3.63, 3.8) is 0 Å². The molecule has 1 aromatic carbocycles. The lowest BCUT2D eigenvalue weighted by Gasteiger charge is -2.22. The molecule has 1 N–H and O–H groups in total. The first-order chi connectivity index (χ1) is 14.0. The van der Waals surface area contributed by atoms with Gasteiger partial charge in [0, 0.05) is 27.7 Å². The molecular weight excluding hydrogens is 404 g/mol. The number of anilines is 1. The molecule has 5 rings (SSSR count). The molecule has 1 atom stereocenters. The summed E-state index contributed by atoms with van der Waals surface area (Å²) in [5.74, 6) is 1.61. The largest absolute Gasteiger partial charge is 0.494 e. The number of benzene rings is 1. The third kappa shape index (κ3) is 3.12. The maximum atomic E-state index is 12.5. The standard InChI is InChI=1S/C21H20N4O2S2/c1-4-27-13-6-7-15-17(9-13)29-21(22-15)25-20-19(12(3)24-25)14(10-18(26)23-20)16-8-5-11(2)28-16/h5-9,14H,4,10H2,1-3H3,(H,23,26)/t14-/m0/s1. The summed E-state index contributed by atoms with van der Waals surface area (Å²) in [7, 11) is 0. The van der Waals surface area contributed by atoms with Gasteiger partial charge in [-0.3, -0.25) is 4.79 Å². The maximum Gasteiger partial charge on any atom is 0.226 e. The minimum atomic E-state index is 0.00875. The van der Waals surface area contributed by atoms with Gasteiger partial charge in [0.05, 0.1) is 22.5 Å². The van der Waals surface area contributed by atoms with Crippen molar-refractivity contribution in [3.05, 3.63) is 51.3 Å². The first-order valence-corrected chi connectivity index (χ1v) is 11.2. The first-order valence-electron chi connectivity index (χ1n) is 9.53. The summed E-state index contributed by atoms with van der Waals surface area (Å²) in [6.45, 7) is 6.68. The molecule has 0 spiro atoms. The third-order valence-electron chi connectivity index (χ3n) is 5.05. The van der Waals surface area contributed by atoms with Gasteiger partial charge in [-0.25, -0.2) is 4.98 Å². The molecule has 29 heavy (non-hydrogen) atoms. The Bertz CT molecular complexity index is 1240. The quantitative estimate of drug-likeness (QED) is 0.499. The van der Waals surface area contributed by atoms with E-state index in [9.17, 15) is 4.79 Å². The van der Waals surface area contributed by atoms with Crippen LogP contribution in [-0.4, -0.2) is 27.3 Å². The molecule has 0 bridgehead atoms. The average Bonchev–Trinajstić information content (AvgIpc) is 3.38. The minimum Gasteiger partial charge on any atom is -0.494 e. The number of nitrogens with zero attached hydrogens (tertiary/aromatic N) is 3. The van der Waals surface area contributed by atoms with Crippen molar-refractivity contribution in [3.8, 4) is 10.9 Å². The monoisotopic (exact) mass is 424 g/mol. The van der Waals surface area contributed by atoms with E-state index >= 15 is 0 Å². The molecule has 148 valence electrons. The molecule has 1 amide bonds. The van der Waals surface area contributed by atoms with Crippen LogP contribution in [0.1, 0.15) is 40.3 Å². The van der Waals surface area contributed by atoms with Crippen molar-refractivity contribution < 1.29 is 9.53 Å². The van der Waals surface area contributed by atoms with E-state index in [0.29, 0.717) is 13.0 Å². The fourth-order valence-electron chi connectivity index (χ4n) is 3.81. The lowest BCUT2D eigenvalue weighted by atomic mass is 9.91. The molecule has 1 aliphatic rings. The molecule has 0 saturated carbocycles. The van der Waals surface area contributed by atoms with Gasteiger partial charge in [-0.15, -0.1) is 11.3 Å². The molecule has 1 aliphatic heterocycles. The van der Waals surface area contributed by atoms with Gasteiger partial charge < -0.3 is 10.1 Å². The first kappa shape index (κ1) is 18.3. The predicted octanol–water partition coefficient (Wildman–Crippen LogP) is 5.03. The number of thiophene rings is 1. The Kier molecular flexibility index (Phi) is 4.40. The zero-order chi connectivity index (χ0) is 20.1. The number of aromatic nitrogens is 3. The summed E-state index contributed by atoms with van der Waals surface area (Å²) in [6, 6.07) is 10.1. The van der Waals surface area contributed by atoms with Gasteiger partial charge in [0.1, 0.15) is 11.6 Å². The number of nitrogens with one attached hydrogen (secondary N) is 1. The van der Waals surface area contributed by atoms with E-state index in [4.69, 9.17) is 14.8 Å². The molecule has 0 fully saturated rings. The van der Waals surface area contributed by atoms with Gasteiger partial charge in [0.25, 0.3) is 0 Å². The summed E-state index contributed by atoms with van der Waals surface area (Å²) in [4.78, 5) is 19.7. The van der Waals surface area contributed by atoms with Crippen LogP contribution >= 0.6 is 22.7 Å². The van der Waals surface area contributed by atoms with Gasteiger partial charge in [0.15, 0.2) is 0 Å². The second-order valence-electron chi connectivity index (χ2n) is 7.07. The SMILES string of the molecule is CCOc1ccc2nc(-n3nc(C)c4c3NC(=O)C[C@H]4c3ccc(C)s3)sc2c1. The molecule has 4 heterocycles. The maximum absolute atomic E-state index is 12.5. The summed E-state index contributed by atoms with van der Waals surface area (Å²) in [6.07, 6.45) is 0.442. The average molecular weight is 425 g/mol. The van der Waals surface area contributed by atoms with Crippen molar-refractivity contribution in [2.45, 2.75) is 33.1 Å². The van der Waals surface area contributed by atoms with Crippen molar-refractivity contribution in [1.29, 1.82) is 0 Å². The highest BCUT2D eigenvalue weighted by Gasteiger charge is 2.34.